The van der Waals surface area contributed by atoms with Gasteiger partial charge < -0.3 is 9.47 Å². The Labute approximate surface area is 123 Å². The van der Waals surface area contributed by atoms with Gasteiger partial charge in [-0.3, -0.25) is 0 Å². The van der Waals surface area contributed by atoms with Crippen molar-refractivity contribution in [1.82, 2.24) is 13.7 Å². The van der Waals surface area contributed by atoms with E-state index in [0.717, 1.165) is 19.6 Å². The molecule has 0 bridgehead atoms. The number of carbonyl (C=O) groups is 2. The van der Waals surface area contributed by atoms with Crippen LogP contribution in [0.2, 0.25) is 0 Å². The minimum atomic E-state index is -1.14. The summed E-state index contributed by atoms with van der Waals surface area (Å²) in [5.41, 5.74) is -3.19. The Balaban J connectivity index is 3.41. The van der Waals surface area contributed by atoms with Gasteiger partial charge in [0.2, 0.25) is 0 Å². The third-order valence-corrected chi connectivity index (χ3v) is 2.50. The standard InChI is InChI=1S/C12H13N3O7/c1-4-21-8(16)6-14-10(18)13(3)11(19)15(12(14)20)7-9(17)22-5-2/h4-5H,1-2,6-7H2,3H3. The van der Waals surface area contributed by atoms with Crippen LogP contribution in [0.5, 0.6) is 0 Å². The minimum Gasteiger partial charge on any atom is -0.434 e. The van der Waals surface area contributed by atoms with Crippen LogP contribution >= 0.6 is 0 Å². The van der Waals surface area contributed by atoms with Gasteiger partial charge in [0.05, 0.1) is 12.5 Å². The first kappa shape index (κ1) is 16.9. The van der Waals surface area contributed by atoms with Crippen molar-refractivity contribution in [1.29, 1.82) is 0 Å². The molecule has 0 N–H and O–H groups in total. The Kier molecular flexibility index (Phi) is 5.38. The summed E-state index contributed by atoms with van der Waals surface area (Å²) in [5, 5.41) is 0. The molecular weight excluding hydrogens is 298 g/mol. The van der Waals surface area contributed by atoms with E-state index < -0.39 is 42.1 Å². The normalized spacial score (nSPS) is 9.86. The quantitative estimate of drug-likeness (QED) is 0.444. The van der Waals surface area contributed by atoms with Gasteiger partial charge in [-0.25, -0.2) is 37.7 Å². The van der Waals surface area contributed by atoms with Crippen molar-refractivity contribution >= 4 is 11.9 Å². The molecule has 0 aliphatic rings. The summed E-state index contributed by atoms with van der Waals surface area (Å²) >= 11 is 0. The van der Waals surface area contributed by atoms with Gasteiger partial charge in [-0.2, -0.15) is 0 Å². The Hall–Kier alpha value is -3.17. The molecule has 118 valence electrons. The molecule has 0 atom stereocenters. The predicted molar refractivity (Wildman–Crippen MR) is 72.8 cm³/mol. The molecule has 0 unspecified atom stereocenters. The molecule has 1 aromatic rings. The number of hydrogen-bond donors (Lipinski definition) is 0. The van der Waals surface area contributed by atoms with E-state index in [1.165, 1.54) is 0 Å². The summed E-state index contributed by atoms with van der Waals surface area (Å²) < 4.78 is 10.3. The number of hydrogen-bond acceptors (Lipinski definition) is 7. The lowest BCUT2D eigenvalue weighted by atomic mass is 10.6. The first-order valence-electron chi connectivity index (χ1n) is 5.85. The van der Waals surface area contributed by atoms with Crippen LogP contribution in [-0.2, 0) is 39.2 Å². The molecule has 1 aromatic heterocycles. The molecule has 10 heteroatoms. The number of aromatic nitrogens is 3. The molecule has 0 aliphatic heterocycles. The summed E-state index contributed by atoms with van der Waals surface area (Å²) in [6, 6.07) is 0. The summed E-state index contributed by atoms with van der Waals surface area (Å²) in [6.07, 6.45) is 1.66. The second kappa shape index (κ2) is 7.02. The second-order valence-corrected chi connectivity index (χ2v) is 3.89. The Morgan fingerprint density at radius 3 is 1.59 bits per heavy atom. The molecule has 0 aromatic carbocycles. The maximum atomic E-state index is 12.1. The van der Waals surface area contributed by atoms with E-state index >= 15 is 0 Å². The van der Waals surface area contributed by atoms with Crippen molar-refractivity contribution in [3.63, 3.8) is 0 Å². The highest BCUT2D eigenvalue weighted by atomic mass is 16.5. The van der Waals surface area contributed by atoms with Crippen molar-refractivity contribution in [2.75, 3.05) is 0 Å². The molecule has 0 spiro atoms. The maximum Gasteiger partial charge on any atom is 0.337 e. The lowest BCUT2D eigenvalue weighted by Crippen LogP contribution is -2.55. The molecule has 0 amide bonds. The van der Waals surface area contributed by atoms with Crippen molar-refractivity contribution < 1.29 is 19.1 Å². The average Bonchev–Trinajstić information content (AvgIpc) is 2.47. The van der Waals surface area contributed by atoms with E-state index in [1.807, 2.05) is 0 Å². The van der Waals surface area contributed by atoms with Gasteiger partial charge in [-0.15, -0.1) is 0 Å². The van der Waals surface area contributed by atoms with E-state index in [9.17, 15) is 24.0 Å². The van der Waals surface area contributed by atoms with Gasteiger partial charge >= 0.3 is 29.0 Å². The number of esters is 2. The molecule has 22 heavy (non-hydrogen) atoms. The first-order valence-corrected chi connectivity index (χ1v) is 5.85. The van der Waals surface area contributed by atoms with Crippen molar-refractivity contribution in [3.8, 4) is 0 Å². The Bertz CT molecular complexity index is 734. The lowest BCUT2D eigenvalue weighted by Gasteiger charge is -2.10. The van der Waals surface area contributed by atoms with Crippen LogP contribution in [0, 0.1) is 0 Å². The zero-order valence-electron chi connectivity index (χ0n) is 11.7. The lowest BCUT2D eigenvalue weighted by molar-refractivity contribution is -0.139. The Morgan fingerprint density at radius 1 is 0.909 bits per heavy atom. The summed E-state index contributed by atoms with van der Waals surface area (Å²) in [6.45, 7) is 4.83. The summed E-state index contributed by atoms with van der Waals surface area (Å²) in [4.78, 5) is 58.5. The van der Waals surface area contributed by atoms with Crippen molar-refractivity contribution in [2.45, 2.75) is 13.1 Å². The van der Waals surface area contributed by atoms with Gasteiger partial charge in [0.1, 0.15) is 13.1 Å². The topological polar surface area (TPSA) is 119 Å². The minimum absolute atomic E-state index is 0.453. The molecule has 0 radical (unpaired) electrons. The SMILES string of the molecule is C=COC(=O)Cn1c(=O)n(C)c(=O)n(CC(=O)OC=C)c1=O. The number of ether oxygens (including phenoxy) is 2. The van der Waals surface area contributed by atoms with Crippen LogP contribution in [0.3, 0.4) is 0 Å². The van der Waals surface area contributed by atoms with Crippen LogP contribution in [0.1, 0.15) is 0 Å². The fourth-order valence-corrected chi connectivity index (χ4v) is 1.54. The summed E-state index contributed by atoms with van der Waals surface area (Å²) in [7, 11) is 1.09. The molecule has 0 aliphatic carbocycles. The van der Waals surface area contributed by atoms with Gasteiger partial charge in [0.15, 0.2) is 0 Å². The Morgan fingerprint density at radius 2 is 1.27 bits per heavy atom. The van der Waals surface area contributed by atoms with Gasteiger partial charge in [0.25, 0.3) is 0 Å². The van der Waals surface area contributed by atoms with Crippen LogP contribution in [0.4, 0.5) is 0 Å². The van der Waals surface area contributed by atoms with E-state index in [-0.39, 0.29) is 0 Å². The zero-order chi connectivity index (χ0) is 16.9. The van der Waals surface area contributed by atoms with Gasteiger partial charge in [-0.05, 0) is 0 Å². The monoisotopic (exact) mass is 311 g/mol. The van der Waals surface area contributed by atoms with Crippen LogP contribution in [0.15, 0.2) is 40.1 Å². The maximum absolute atomic E-state index is 12.1. The first-order chi connectivity index (χ1) is 10.3. The van der Waals surface area contributed by atoms with Gasteiger partial charge in [-0.1, -0.05) is 13.2 Å². The van der Waals surface area contributed by atoms with E-state index in [1.54, 1.807) is 0 Å². The molecule has 0 saturated heterocycles. The highest BCUT2D eigenvalue weighted by Gasteiger charge is 2.18. The van der Waals surface area contributed by atoms with E-state index in [2.05, 4.69) is 22.6 Å². The van der Waals surface area contributed by atoms with Crippen LogP contribution in [-0.4, -0.2) is 25.6 Å². The van der Waals surface area contributed by atoms with E-state index in [4.69, 9.17) is 0 Å². The third-order valence-electron chi connectivity index (χ3n) is 2.50. The molecule has 1 heterocycles. The highest BCUT2D eigenvalue weighted by molar-refractivity contribution is 5.70. The molecule has 0 fully saturated rings. The molecule has 1 rings (SSSR count). The largest absolute Gasteiger partial charge is 0.434 e. The molecule has 10 nitrogen and oxygen atoms in total. The average molecular weight is 311 g/mol. The zero-order valence-corrected chi connectivity index (χ0v) is 11.7. The molecule has 0 saturated carbocycles. The number of carbonyl (C=O) groups excluding carboxylic acids is 2. The number of rotatable bonds is 6. The number of nitrogens with zero attached hydrogens (tertiary/aromatic N) is 3. The summed E-state index contributed by atoms with van der Waals surface area (Å²) in [5.74, 6) is -1.87. The van der Waals surface area contributed by atoms with Crippen LogP contribution < -0.4 is 17.1 Å². The van der Waals surface area contributed by atoms with E-state index in [0.29, 0.717) is 13.7 Å². The second-order valence-electron chi connectivity index (χ2n) is 3.89. The predicted octanol–water partition coefficient (Wildman–Crippen LogP) is -1.92. The van der Waals surface area contributed by atoms with Crippen LogP contribution in [0.25, 0.3) is 0 Å². The fraction of sp³-hybridized carbons (Fsp3) is 0.250. The molecular formula is C12H13N3O7. The van der Waals surface area contributed by atoms with Gasteiger partial charge in [0, 0.05) is 7.05 Å². The van der Waals surface area contributed by atoms with Crippen molar-refractivity contribution in [3.05, 3.63) is 57.1 Å². The fourth-order valence-electron chi connectivity index (χ4n) is 1.54. The third kappa shape index (κ3) is 3.48. The smallest absolute Gasteiger partial charge is 0.337 e. The van der Waals surface area contributed by atoms with Crippen molar-refractivity contribution in [2.24, 2.45) is 7.05 Å². The highest BCUT2D eigenvalue weighted by Crippen LogP contribution is 1.84.